The van der Waals surface area contributed by atoms with Gasteiger partial charge in [-0.1, -0.05) is 6.07 Å². The predicted octanol–water partition coefficient (Wildman–Crippen LogP) is 0.589. The second-order valence-corrected chi connectivity index (χ2v) is 4.92. The van der Waals surface area contributed by atoms with E-state index in [2.05, 4.69) is 37.3 Å². The van der Waals surface area contributed by atoms with Crippen LogP contribution in [0, 0.1) is 0 Å². The summed E-state index contributed by atoms with van der Waals surface area (Å²) in [6, 6.07) is 4.46. The number of H-pyrrole nitrogens is 1. The van der Waals surface area contributed by atoms with Crippen molar-refractivity contribution in [3.63, 3.8) is 0 Å². The molecule has 2 aromatic heterocycles. The van der Waals surface area contributed by atoms with Crippen molar-refractivity contribution in [2.75, 3.05) is 24.5 Å². The number of nitrogens with one attached hydrogen (secondary N) is 2. The van der Waals surface area contributed by atoms with E-state index in [1.165, 1.54) is 0 Å². The zero-order valence-corrected chi connectivity index (χ0v) is 11.0. The summed E-state index contributed by atoms with van der Waals surface area (Å²) in [6.07, 6.45) is 4.37. The fourth-order valence-electron chi connectivity index (χ4n) is 2.32. The molecule has 2 aromatic rings. The molecule has 0 amide bonds. The highest BCUT2D eigenvalue weighted by Gasteiger charge is 2.19. The van der Waals surface area contributed by atoms with Gasteiger partial charge in [-0.3, -0.25) is 10.1 Å². The van der Waals surface area contributed by atoms with E-state index in [9.17, 15) is 0 Å². The highest BCUT2D eigenvalue weighted by molar-refractivity contribution is 5.31. The molecule has 1 fully saturated rings. The summed E-state index contributed by atoms with van der Waals surface area (Å²) >= 11 is 0. The average Bonchev–Trinajstić information content (AvgIpc) is 2.88. The maximum absolute atomic E-state index is 4.57. The monoisotopic (exact) mass is 258 g/mol. The van der Waals surface area contributed by atoms with E-state index in [1.54, 1.807) is 6.20 Å². The smallest absolute Gasteiger partial charge is 0.244 e. The van der Waals surface area contributed by atoms with Crippen molar-refractivity contribution in [2.24, 2.45) is 0 Å². The predicted molar refractivity (Wildman–Crippen MR) is 73.1 cm³/mol. The van der Waals surface area contributed by atoms with E-state index < -0.39 is 0 Å². The number of hydrogen-bond donors (Lipinski definition) is 2. The average molecular weight is 258 g/mol. The molecule has 0 aliphatic carbocycles. The van der Waals surface area contributed by atoms with Crippen LogP contribution in [0.4, 0.5) is 5.95 Å². The Hall–Kier alpha value is -1.95. The largest absolute Gasteiger partial charge is 0.337 e. The first-order valence-electron chi connectivity index (χ1n) is 6.60. The Morgan fingerprint density at radius 1 is 1.47 bits per heavy atom. The molecule has 1 saturated heterocycles. The van der Waals surface area contributed by atoms with Crippen LogP contribution in [0.2, 0.25) is 0 Å². The van der Waals surface area contributed by atoms with Gasteiger partial charge in [0, 0.05) is 44.5 Å². The van der Waals surface area contributed by atoms with Gasteiger partial charge in [-0.2, -0.15) is 4.98 Å². The van der Waals surface area contributed by atoms with E-state index in [4.69, 9.17) is 0 Å². The van der Waals surface area contributed by atoms with Crippen molar-refractivity contribution < 1.29 is 0 Å². The summed E-state index contributed by atoms with van der Waals surface area (Å²) < 4.78 is 0. The zero-order chi connectivity index (χ0) is 13.1. The Labute approximate surface area is 112 Å². The highest BCUT2D eigenvalue weighted by atomic mass is 15.4. The van der Waals surface area contributed by atoms with Crippen LogP contribution in [0.15, 0.2) is 24.5 Å². The summed E-state index contributed by atoms with van der Waals surface area (Å²) in [4.78, 5) is 10.9. The third kappa shape index (κ3) is 2.90. The molecule has 0 radical (unpaired) electrons. The summed E-state index contributed by atoms with van der Waals surface area (Å²) in [5, 5.41) is 10.7. The normalized spacial score (nSPS) is 19.6. The molecular weight excluding hydrogens is 240 g/mol. The second-order valence-electron chi connectivity index (χ2n) is 4.92. The van der Waals surface area contributed by atoms with Crippen molar-refractivity contribution in [3.8, 4) is 0 Å². The number of rotatable bonds is 3. The van der Waals surface area contributed by atoms with Crippen LogP contribution < -0.4 is 10.2 Å². The summed E-state index contributed by atoms with van der Waals surface area (Å²) in [5.74, 6) is 1.68. The van der Waals surface area contributed by atoms with Crippen LogP contribution in [-0.2, 0) is 6.42 Å². The number of aromatic nitrogens is 4. The van der Waals surface area contributed by atoms with Gasteiger partial charge in [0.05, 0.1) is 0 Å². The molecule has 0 saturated carbocycles. The number of hydrogen-bond acceptors (Lipinski definition) is 5. The molecule has 2 N–H and O–H groups in total. The topological polar surface area (TPSA) is 69.7 Å². The second kappa shape index (κ2) is 5.36. The Morgan fingerprint density at radius 3 is 3.21 bits per heavy atom. The molecular formula is C13H18N6. The number of anilines is 1. The molecule has 1 aliphatic rings. The van der Waals surface area contributed by atoms with Crippen molar-refractivity contribution in [1.29, 1.82) is 0 Å². The van der Waals surface area contributed by atoms with Gasteiger partial charge in [0.2, 0.25) is 5.95 Å². The third-order valence-corrected chi connectivity index (χ3v) is 3.27. The fourth-order valence-corrected chi connectivity index (χ4v) is 2.32. The maximum atomic E-state index is 4.57. The first-order valence-corrected chi connectivity index (χ1v) is 6.60. The van der Waals surface area contributed by atoms with Crippen LogP contribution in [-0.4, -0.2) is 45.8 Å². The zero-order valence-electron chi connectivity index (χ0n) is 11.0. The SMILES string of the molecule is CC1CN(c2n[nH]c(Cc3cccnc3)n2)CCN1. The lowest BCUT2D eigenvalue weighted by Gasteiger charge is -2.30. The van der Waals surface area contributed by atoms with Crippen molar-refractivity contribution in [1.82, 2.24) is 25.5 Å². The standard InChI is InChI=1S/C13H18N6/c1-10-9-19(6-5-15-10)13-16-12(17-18-13)7-11-3-2-4-14-8-11/h2-4,8,10,15H,5-7,9H2,1H3,(H,16,17,18). The lowest BCUT2D eigenvalue weighted by molar-refractivity contribution is 0.480. The maximum Gasteiger partial charge on any atom is 0.244 e. The van der Waals surface area contributed by atoms with Gasteiger partial charge < -0.3 is 10.2 Å². The van der Waals surface area contributed by atoms with Gasteiger partial charge in [0.25, 0.3) is 0 Å². The van der Waals surface area contributed by atoms with Gasteiger partial charge in [-0.15, -0.1) is 5.10 Å². The molecule has 19 heavy (non-hydrogen) atoms. The molecule has 0 spiro atoms. The quantitative estimate of drug-likeness (QED) is 0.843. The van der Waals surface area contributed by atoms with Crippen LogP contribution >= 0.6 is 0 Å². The Morgan fingerprint density at radius 2 is 2.42 bits per heavy atom. The molecule has 1 atom stereocenters. The van der Waals surface area contributed by atoms with Crippen LogP contribution in [0.1, 0.15) is 18.3 Å². The number of pyridine rings is 1. The lowest BCUT2D eigenvalue weighted by atomic mass is 10.2. The molecule has 0 aromatic carbocycles. The summed E-state index contributed by atoms with van der Waals surface area (Å²) in [6.45, 7) is 5.06. The van der Waals surface area contributed by atoms with Crippen molar-refractivity contribution >= 4 is 5.95 Å². The van der Waals surface area contributed by atoms with Gasteiger partial charge in [0.1, 0.15) is 5.82 Å². The van der Waals surface area contributed by atoms with Crippen LogP contribution in [0.5, 0.6) is 0 Å². The van der Waals surface area contributed by atoms with Crippen LogP contribution in [0.25, 0.3) is 0 Å². The van der Waals surface area contributed by atoms with Crippen molar-refractivity contribution in [3.05, 3.63) is 35.9 Å². The van der Waals surface area contributed by atoms with Gasteiger partial charge in [-0.25, -0.2) is 0 Å². The third-order valence-electron chi connectivity index (χ3n) is 3.27. The highest BCUT2D eigenvalue weighted by Crippen LogP contribution is 2.11. The van der Waals surface area contributed by atoms with E-state index in [-0.39, 0.29) is 0 Å². The minimum absolute atomic E-state index is 0.481. The molecule has 6 heteroatoms. The Kier molecular flexibility index (Phi) is 3.41. The molecule has 1 unspecified atom stereocenters. The van der Waals surface area contributed by atoms with Gasteiger partial charge >= 0.3 is 0 Å². The van der Waals surface area contributed by atoms with Crippen molar-refractivity contribution in [2.45, 2.75) is 19.4 Å². The first-order chi connectivity index (χ1) is 9.31. The number of piperazine rings is 1. The van der Waals surface area contributed by atoms with E-state index in [0.29, 0.717) is 6.04 Å². The molecule has 6 nitrogen and oxygen atoms in total. The molecule has 3 heterocycles. The Bertz CT molecular complexity index is 523. The molecule has 0 bridgehead atoms. The minimum atomic E-state index is 0.481. The molecule has 1 aliphatic heterocycles. The first kappa shape index (κ1) is 12.1. The molecule has 100 valence electrons. The van der Waals surface area contributed by atoms with Gasteiger partial charge in [-0.05, 0) is 18.6 Å². The molecule has 3 rings (SSSR count). The van der Waals surface area contributed by atoms with Gasteiger partial charge in [0.15, 0.2) is 0 Å². The summed E-state index contributed by atoms with van der Waals surface area (Å²) in [7, 11) is 0. The number of aromatic amines is 1. The van der Waals surface area contributed by atoms with E-state index in [0.717, 1.165) is 43.4 Å². The number of nitrogens with zero attached hydrogens (tertiary/aromatic N) is 4. The lowest BCUT2D eigenvalue weighted by Crippen LogP contribution is -2.49. The minimum Gasteiger partial charge on any atom is -0.337 e. The van der Waals surface area contributed by atoms with E-state index in [1.807, 2.05) is 18.3 Å². The Balaban J connectivity index is 1.69. The fraction of sp³-hybridized carbons (Fsp3) is 0.462. The van der Waals surface area contributed by atoms with E-state index >= 15 is 0 Å². The van der Waals surface area contributed by atoms with Crippen LogP contribution in [0.3, 0.4) is 0 Å². The summed E-state index contributed by atoms with van der Waals surface area (Å²) in [5.41, 5.74) is 1.14.